The lowest BCUT2D eigenvalue weighted by molar-refractivity contribution is -0.141. The highest BCUT2D eigenvalue weighted by molar-refractivity contribution is 5.89. The van der Waals surface area contributed by atoms with Crippen molar-refractivity contribution in [3.63, 3.8) is 0 Å². The molecule has 0 unspecified atom stereocenters. The van der Waals surface area contributed by atoms with E-state index in [0.717, 1.165) is 0 Å². The molecule has 0 aromatic rings. The Labute approximate surface area is 93.0 Å². The molecule has 5 nitrogen and oxygen atoms in total. The van der Waals surface area contributed by atoms with Crippen molar-refractivity contribution in [2.24, 2.45) is 17.8 Å². The number of aliphatic hydroxyl groups excluding tert-OH is 1. The number of hydrogen-bond acceptors (Lipinski definition) is 5. The summed E-state index contributed by atoms with van der Waals surface area (Å²) in [6.07, 6.45) is 1.31. The molecule has 2 aliphatic heterocycles. The smallest absolute Gasteiger partial charge is 0.337 e. The third-order valence-corrected chi connectivity index (χ3v) is 3.87. The zero-order valence-electron chi connectivity index (χ0n) is 8.96. The molecule has 16 heavy (non-hydrogen) atoms. The number of esters is 1. The molecule has 2 fully saturated rings. The van der Waals surface area contributed by atoms with Crippen LogP contribution in [0, 0.1) is 17.8 Å². The molecule has 0 radical (unpaired) electrons. The first-order chi connectivity index (χ1) is 7.72. The predicted octanol–water partition coefficient (Wildman–Crippen LogP) is 0.0430. The van der Waals surface area contributed by atoms with E-state index >= 15 is 0 Å². The molecule has 3 rings (SSSR count). The number of carbonyl (C=O) groups excluding carboxylic acids is 1. The van der Waals surface area contributed by atoms with E-state index in [1.165, 1.54) is 13.4 Å². The second-order valence-electron chi connectivity index (χ2n) is 4.55. The van der Waals surface area contributed by atoms with E-state index in [4.69, 9.17) is 14.2 Å². The Bertz CT molecular complexity index is 350. The highest BCUT2D eigenvalue weighted by atomic mass is 16.7. The topological polar surface area (TPSA) is 65.0 Å². The van der Waals surface area contributed by atoms with Gasteiger partial charge in [-0.05, 0) is 6.42 Å². The molecule has 2 heterocycles. The van der Waals surface area contributed by atoms with Crippen molar-refractivity contribution in [3.05, 3.63) is 11.8 Å². The van der Waals surface area contributed by atoms with E-state index in [-0.39, 0.29) is 30.0 Å². The minimum Gasteiger partial charge on any atom is -0.472 e. The Hall–Kier alpha value is -1.07. The average molecular weight is 226 g/mol. The molecule has 5 heteroatoms. The SMILES string of the molecule is COC(=O)C1=CO[C@@H]2OC[C@H]3[C@@H]2[C@@H]1C[C@@H]3O. The first kappa shape index (κ1) is 10.1. The third kappa shape index (κ3) is 1.21. The van der Waals surface area contributed by atoms with Crippen molar-refractivity contribution < 1.29 is 24.1 Å². The van der Waals surface area contributed by atoms with Crippen LogP contribution in [-0.4, -0.2) is 37.2 Å². The highest BCUT2D eigenvalue weighted by Crippen LogP contribution is 2.50. The summed E-state index contributed by atoms with van der Waals surface area (Å²) in [5.74, 6) is -0.186. The fourth-order valence-electron chi connectivity index (χ4n) is 3.09. The molecular weight excluding hydrogens is 212 g/mol. The summed E-state index contributed by atoms with van der Waals surface area (Å²) in [5, 5.41) is 9.90. The first-order valence-electron chi connectivity index (χ1n) is 5.46. The Balaban J connectivity index is 1.92. The summed E-state index contributed by atoms with van der Waals surface area (Å²) in [6, 6.07) is 0. The monoisotopic (exact) mass is 226 g/mol. The summed E-state index contributed by atoms with van der Waals surface area (Å²) in [6.45, 7) is 0.509. The molecule has 1 saturated carbocycles. The first-order valence-corrected chi connectivity index (χ1v) is 5.46. The largest absolute Gasteiger partial charge is 0.472 e. The van der Waals surface area contributed by atoms with Crippen molar-refractivity contribution in [1.29, 1.82) is 0 Å². The fourth-order valence-corrected chi connectivity index (χ4v) is 3.09. The molecule has 1 aliphatic carbocycles. The number of hydrogen-bond donors (Lipinski definition) is 1. The molecule has 0 spiro atoms. The lowest BCUT2D eigenvalue weighted by Crippen LogP contribution is -2.32. The summed E-state index contributed by atoms with van der Waals surface area (Å²) in [7, 11) is 1.35. The van der Waals surface area contributed by atoms with Crippen LogP contribution in [0.25, 0.3) is 0 Å². The zero-order chi connectivity index (χ0) is 11.3. The molecular formula is C11H14O5. The van der Waals surface area contributed by atoms with E-state index < -0.39 is 6.10 Å². The fraction of sp³-hybridized carbons (Fsp3) is 0.727. The van der Waals surface area contributed by atoms with Gasteiger partial charge in [-0.3, -0.25) is 0 Å². The average Bonchev–Trinajstić information content (AvgIpc) is 2.85. The van der Waals surface area contributed by atoms with Crippen LogP contribution in [0.5, 0.6) is 0 Å². The molecule has 3 aliphatic rings. The minimum atomic E-state index is -0.408. The summed E-state index contributed by atoms with van der Waals surface area (Å²) in [4.78, 5) is 11.6. The Morgan fingerprint density at radius 1 is 1.62 bits per heavy atom. The van der Waals surface area contributed by atoms with Gasteiger partial charge >= 0.3 is 5.97 Å². The molecule has 1 N–H and O–H groups in total. The molecule has 88 valence electrons. The summed E-state index contributed by atoms with van der Waals surface area (Å²) in [5.41, 5.74) is 0.524. The van der Waals surface area contributed by atoms with Crippen LogP contribution >= 0.6 is 0 Å². The van der Waals surface area contributed by atoms with Crippen LogP contribution in [0.3, 0.4) is 0 Å². The van der Waals surface area contributed by atoms with Crippen molar-refractivity contribution in [2.75, 3.05) is 13.7 Å². The lowest BCUT2D eigenvalue weighted by Gasteiger charge is -2.29. The molecule has 0 aromatic heterocycles. The van der Waals surface area contributed by atoms with Gasteiger partial charge in [0.05, 0.1) is 31.7 Å². The number of carbonyl (C=O) groups is 1. The highest BCUT2D eigenvalue weighted by Gasteiger charge is 2.56. The maximum absolute atomic E-state index is 11.6. The molecule has 1 saturated heterocycles. The van der Waals surface area contributed by atoms with Crippen LogP contribution in [0.1, 0.15) is 6.42 Å². The van der Waals surface area contributed by atoms with Crippen LogP contribution in [0.15, 0.2) is 11.8 Å². The molecule has 0 aromatic carbocycles. The molecule has 0 amide bonds. The molecule has 5 atom stereocenters. The lowest BCUT2D eigenvalue weighted by atomic mass is 9.84. The van der Waals surface area contributed by atoms with Gasteiger partial charge in [0.2, 0.25) is 6.29 Å². The molecule has 0 bridgehead atoms. The Morgan fingerprint density at radius 2 is 2.44 bits per heavy atom. The van der Waals surface area contributed by atoms with Gasteiger partial charge in [-0.15, -0.1) is 0 Å². The van der Waals surface area contributed by atoms with E-state index in [9.17, 15) is 9.90 Å². The van der Waals surface area contributed by atoms with Gasteiger partial charge in [-0.2, -0.15) is 0 Å². The van der Waals surface area contributed by atoms with Gasteiger partial charge in [-0.25, -0.2) is 4.79 Å². The summed E-state index contributed by atoms with van der Waals surface area (Å²) < 4.78 is 15.5. The van der Waals surface area contributed by atoms with Gasteiger partial charge in [0.25, 0.3) is 0 Å². The van der Waals surface area contributed by atoms with Crippen molar-refractivity contribution >= 4 is 5.97 Å². The van der Waals surface area contributed by atoms with Crippen molar-refractivity contribution in [3.8, 4) is 0 Å². The van der Waals surface area contributed by atoms with E-state index in [1.807, 2.05) is 0 Å². The van der Waals surface area contributed by atoms with E-state index in [2.05, 4.69) is 0 Å². The van der Waals surface area contributed by atoms with Crippen LogP contribution < -0.4 is 0 Å². The standard InChI is InChI=1S/C11H14O5/c1-14-10(13)6-3-15-11-9-5(6)2-8(12)7(9)4-16-11/h3,5,7-9,11-12H,2,4H2,1H3/t5-,7-,8+,9+,11-/m1/s1. The number of ether oxygens (including phenoxy) is 3. The quantitative estimate of drug-likeness (QED) is 0.640. The number of aliphatic hydroxyl groups is 1. The maximum atomic E-state index is 11.6. The second-order valence-corrected chi connectivity index (χ2v) is 4.55. The second kappa shape index (κ2) is 3.46. The number of methoxy groups -OCH3 is 1. The van der Waals surface area contributed by atoms with Gasteiger partial charge in [0.15, 0.2) is 0 Å². The maximum Gasteiger partial charge on any atom is 0.337 e. The summed E-state index contributed by atoms with van der Waals surface area (Å²) >= 11 is 0. The predicted molar refractivity (Wildman–Crippen MR) is 52.0 cm³/mol. The normalized spacial score (nSPS) is 44.6. The van der Waals surface area contributed by atoms with Gasteiger partial charge in [-0.1, -0.05) is 0 Å². The Morgan fingerprint density at radius 3 is 3.19 bits per heavy atom. The van der Waals surface area contributed by atoms with Gasteiger partial charge in [0, 0.05) is 17.8 Å². The van der Waals surface area contributed by atoms with Crippen molar-refractivity contribution in [1.82, 2.24) is 0 Å². The van der Waals surface area contributed by atoms with Crippen LogP contribution in [0.4, 0.5) is 0 Å². The zero-order valence-corrected chi connectivity index (χ0v) is 8.96. The van der Waals surface area contributed by atoms with Gasteiger partial charge in [0.1, 0.15) is 0 Å². The number of rotatable bonds is 1. The van der Waals surface area contributed by atoms with Gasteiger partial charge < -0.3 is 19.3 Å². The Kier molecular flexibility index (Phi) is 2.19. The third-order valence-electron chi connectivity index (χ3n) is 3.87. The van der Waals surface area contributed by atoms with E-state index in [0.29, 0.717) is 18.6 Å². The van der Waals surface area contributed by atoms with Crippen LogP contribution in [-0.2, 0) is 19.0 Å². The minimum absolute atomic E-state index is 0.00806. The van der Waals surface area contributed by atoms with Crippen LogP contribution in [0.2, 0.25) is 0 Å². The van der Waals surface area contributed by atoms with Crippen molar-refractivity contribution in [2.45, 2.75) is 18.8 Å². The van der Waals surface area contributed by atoms with E-state index in [1.54, 1.807) is 0 Å².